The fourth-order valence-electron chi connectivity index (χ4n) is 2.53. The van der Waals surface area contributed by atoms with Crippen molar-refractivity contribution in [2.75, 3.05) is 6.54 Å². The molecule has 0 saturated carbocycles. The van der Waals surface area contributed by atoms with Crippen LogP contribution >= 0.6 is 0 Å². The van der Waals surface area contributed by atoms with Crippen molar-refractivity contribution in [1.82, 2.24) is 4.90 Å². The van der Waals surface area contributed by atoms with Gasteiger partial charge in [-0.15, -0.1) is 0 Å². The standard InChI is InChI=1S/C19H31NO/c1-7-16(3)18(21)20(19(4,5)6)14-15(2)13-17-11-9-8-10-12-17/h8-12,15-16H,7,13-14H2,1-6H3. The Bertz CT molecular complexity index is 433. The third-order valence-corrected chi connectivity index (χ3v) is 4.03. The Morgan fingerprint density at radius 2 is 1.71 bits per heavy atom. The monoisotopic (exact) mass is 289 g/mol. The number of benzene rings is 1. The van der Waals surface area contributed by atoms with E-state index in [2.05, 4.69) is 63.8 Å². The van der Waals surface area contributed by atoms with E-state index in [0.717, 1.165) is 19.4 Å². The van der Waals surface area contributed by atoms with E-state index in [4.69, 9.17) is 0 Å². The summed E-state index contributed by atoms with van der Waals surface area (Å²) in [6.07, 6.45) is 1.92. The van der Waals surface area contributed by atoms with Gasteiger partial charge < -0.3 is 4.90 Å². The normalized spacial score (nSPS) is 14.6. The summed E-state index contributed by atoms with van der Waals surface area (Å²) in [6.45, 7) is 13.5. The number of amides is 1. The summed E-state index contributed by atoms with van der Waals surface area (Å²) in [5.41, 5.74) is 1.22. The quantitative estimate of drug-likeness (QED) is 0.753. The van der Waals surface area contributed by atoms with Crippen LogP contribution in [0.4, 0.5) is 0 Å². The van der Waals surface area contributed by atoms with Crippen molar-refractivity contribution in [2.24, 2.45) is 11.8 Å². The smallest absolute Gasteiger partial charge is 0.225 e. The lowest BCUT2D eigenvalue weighted by molar-refractivity contribution is -0.140. The minimum absolute atomic E-state index is 0.105. The highest BCUT2D eigenvalue weighted by atomic mass is 16.2. The molecular weight excluding hydrogens is 258 g/mol. The van der Waals surface area contributed by atoms with Crippen molar-refractivity contribution in [2.45, 2.75) is 59.9 Å². The molecule has 1 aromatic rings. The highest BCUT2D eigenvalue weighted by Crippen LogP contribution is 2.21. The maximum Gasteiger partial charge on any atom is 0.225 e. The molecule has 2 nitrogen and oxygen atoms in total. The predicted molar refractivity (Wildman–Crippen MR) is 90.2 cm³/mol. The van der Waals surface area contributed by atoms with E-state index < -0.39 is 0 Å². The average molecular weight is 289 g/mol. The van der Waals surface area contributed by atoms with E-state index in [0.29, 0.717) is 5.92 Å². The lowest BCUT2D eigenvalue weighted by Crippen LogP contribution is -2.49. The van der Waals surface area contributed by atoms with Crippen molar-refractivity contribution in [3.63, 3.8) is 0 Å². The third kappa shape index (κ3) is 5.53. The Balaban J connectivity index is 2.75. The van der Waals surface area contributed by atoms with Crippen LogP contribution < -0.4 is 0 Å². The van der Waals surface area contributed by atoms with E-state index in [1.54, 1.807) is 0 Å². The van der Waals surface area contributed by atoms with E-state index in [1.165, 1.54) is 5.56 Å². The molecule has 118 valence electrons. The van der Waals surface area contributed by atoms with Crippen LogP contribution in [0.25, 0.3) is 0 Å². The minimum atomic E-state index is -0.120. The van der Waals surface area contributed by atoms with E-state index in [9.17, 15) is 4.79 Å². The first kappa shape index (κ1) is 17.7. The maximum atomic E-state index is 12.6. The molecule has 0 aliphatic heterocycles. The molecule has 0 heterocycles. The van der Waals surface area contributed by atoms with Gasteiger partial charge in [-0.05, 0) is 45.1 Å². The fourth-order valence-corrected chi connectivity index (χ4v) is 2.53. The second-order valence-corrected chi connectivity index (χ2v) is 7.22. The first-order valence-electron chi connectivity index (χ1n) is 8.11. The number of hydrogen-bond acceptors (Lipinski definition) is 1. The topological polar surface area (TPSA) is 20.3 Å². The molecule has 21 heavy (non-hydrogen) atoms. The van der Waals surface area contributed by atoms with Crippen molar-refractivity contribution >= 4 is 5.91 Å². The fraction of sp³-hybridized carbons (Fsp3) is 0.632. The van der Waals surface area contributed by atoms with Crippen LogP contribution in [0.5, 0.6) is 0 Å². The highest BCUT2D eigenvalue weighted by molar-refractivity contribution is 5.79. The minimum Gasteiger partial charge on any atom is -0.337 e. The first-order chi connectivity index (χ1) is 9.75. The van der Waals surface area contributed by atoms with Crippen LogP contribution in [-0.4, -0.2) is 22.9 Å². The second-order valence-electron chi connectivity index (χ2n) is 7.22. The van der Waals surface area contributed by atoms with Crippen molar-refractivity contribution < 1.29 is 4.79 Å². The van der Waals surface area contributed by atoms with Crippen molar-refractivity contribution in [3.8, 4) is 0 Å². The Labute approximate surface area is 130 Å². The van der Waals surface area contributed by atoms with Gasteiger partial charge in [-0.1, -0.05) is 51.1 Å². The lowest BCUT2D eigenvalue weighted by atomic mass is 9.95. The molecule has 1 rings (SSSR count). The van der Waals surface area contributed by atoms with Gasteiger partial charge in [0.05, 0.1) is 0 Å². The average Bonchev–Trinajstić information content (AvgIpc) is 2.43. The Morgan fingerprint density at radius 3 is 2.19 bits per heavy atom. The summed E-state index contributed by atoms with van der Waals surface area (Å²) in [5.74, 6) is 0.845. The second kappa shape index (κ2) is 7.63. The zero-order chi connectivity index (χ0) is 16.0. The molecule has 2 heteroatoms. The van der Waals surface area contributed by atoms with Crippen LogP contribution in [0.15, 0.2) is 30.3 Å². The molecule has 0 aliphatic rings. The van der Waals surface area contributed by atoms with Gasteiger partial charge in [-0.2, -0.15) is 0 Å². The van der Waals surface area contributed by atoms with E-state index in [-0.39, 0.29) is 17.4 Å². The van der Waals surface area contributed by atoms with Gasteiger partial charge in [0.2, 0.25) is 5.91 Å². The van der Waals surface area contributed by atoms with Crippen molar-refractivity contribution in [1.29, 1.82) is 0 Å². The van der Waals surface area contributed by atoms with Crippen molar-refractivity contribution in [3.05, 3.63) is 35.9 Å². The summed E-state index contributed by atoms with van der Waals surface area (Å²) in [7, 11) is 0. The SMILES string of the molecule is CCC(C)C(=O)N(CC(C)Cc1ccccc1)C(C)(C)C. The van der Waals surface area contributed by atoms with Gasteiger partial charge >= 0.3 is 0 Å². The Hall–Kier alpha value is -1.31. The molecular formula is C19H31NO. The molecule has 1 aromatic carbocycles. The lowest BCUT2D eigenvalue weighted by Gasteiger charge is -2.39. The number of hydrogen-bond donors (Lipinski definition) is 0. The van der Waals surface area contributed by atoms with Crippen LogP contribution in [0, 0.1) is 11.8 Å². The zero-order valence-corrected chi connectivity index (χ0v) is 14.5. The van der Waals surface area contributed by atoms with Crippen LogP contribution in [0.2, 0.25) is 0 Å². The van der Waals surface area contributed by atoms with Gasteiger partial charge in [0.15, 0.2) is 0 Å². The van der Waals surface area contributed by atoms with E-state index >= 15 is 0 Å². The number of rotatable bonds is 6. The zero-order valence-electron chi connectivity index (χ0n) is 14.5. The van der Waals surface area contributed by atoms with Crippen LogP contribution in [0.1, 0.15) is 53.5 Å². The summed E-state index contributed by atoms with van der Waals surface area (Å²) >= 11 is 0. The van der Waals surface area contributed by atoms with Gasteiger partial charge in [0.25, 0.3) is 0 Å². The van der Waals surface area contributed by atoms with Gasteiger partial charge in [0, 0.05) is 18.0 Å². The molecule has 0 bridgehead atoms. The van der Waals surface area contributed by atoms with E-state index in [1.807, 2.05) is 13.0 Å². The molecule has 1 amide bonds. The molecule has 0 radical (unpaired) electrons. The third-order valence-electron chi connectivity index (χ3n) is 4.03. The summed E-state index contributed by atoms with van der Waals surface area (Å²) in [6, 6.07) is 10.5. The maximum absolute atomic E-state index is 12.6. The molecule has 0 N–H and O–H groups in total. The Morgan fingerprint density at radius 1 is 1.14 bits per heavy atom. The van der Waals surface area contributed by atoms with Gasteiger partial charge in [-0.25, -0.2) is 0 Å². The Kier molecular flexibility index (Phi) is 6.44. The first-order valence-corrected chi connectivity index (χ1v) is 8.11. The molecule has 0 fully saturated rings. The number of carbonyl (C=O) groups excluding carboxylic acids is 1. The molecule has 0 spiro atoms. The van der Waals surface area contributed by atoms with Gasteiger partial charge in [0.1, 0.15) is 0 Å². The van der Waals surface area contributed by atoms with Gasteiger partial charge in [-0.3, -0.25) is 4.79 Å². The number of carbonyl (C=O) groups is 1. The largest absolute Gasteiger partial charge is 0.337 e. The molecule has 0 saturated heterocycles. The summed E-state index contributed by atoms with van der Waals surface area (Å²) in [5, 5.41) is 0. The predicted octanol–water partition coefficient (Wildman–Crippen LogP) is 4.54. The van der Waals surface area contributed by atoms with Crippen LogP contribution in [0.3, 0.4) is 0 Å². The number of nitrogens with zero attached hydrogens (tertiary/aromatic N) is 1. The highest BCUT2D eigenvalue weighted by Gasteiger charge is 2.30. The summed E-state index contributed by atoms with van der Waals surface area (Å²) < 4.78 is 0. The summed E-state index contributed by atoms with van der Waals surface area (Å²) in [4.78, 5) is 14.7. The molecule has 2 unspecified atom stereocenters. The molecule has 2 atom stereocenters. The molecule has 0 aromatic heterocycles. The molecule has 0 aliphatic carbocycles. The van der Waals surface area contributed by atoms with Crippen LogP contribution in [-0.2, 0) is 11.2 Å².